The van der Waals surface area contributed by atoms with Crippen molar-refractivity contribution in [3.8, 4) is 11.1 Å². The standard InChI is InChI=1S/C41H43BS2/c1-25(2)30-21-33(26(3)4)41(34(22-30)27(5)6)42-37-19-28(7)39(43-31-15-11-9-12-16-31)23-35(37)36-24-40(29(8)20-38(36)42)44-32-17-13-10-14-18-32/h9-27H,1-8H3. The van der Waals surface area contributed by atoms with Crippen LogP contribution in [0.1, 0.15) is 87.1 Å². The van der Waals surface area contributed by atoms with Crippen LogP contribution in [0.2, 0.25) is 0 Å². The highest BCUT2D eigenvalue weighted by Crippen LogP contribution is 2.39. The maximum Gasteiger partial charge on any atom is 0.243 e. The smallest absolute Gasteiger partial charge is 0.0898 e. The van der Waals surface area contributed by atoms with Crippen molar-refractivity contribution >= 4 is 46.6 Å². The molecule has 1 aliphatic rings. The van der Waals surface area contributed by atoms with Crippen LogP contribution in [-0.4, -0.2) is 6.71 Å². The number of rotatable bonds is 8. The van der Waals surface area contributed by atoms with Crippen LogP contribution in [0.3, 0.4) is 0 Å². The molecule has 0 amide bonds. The molecule has 0 radical (unpaired) electrons. The first-order chi connectivity index (χ1) is 21.1. The fraction of sp³-hybridized carbons (Fsp3) is 0.268. The molecular formula is C41H43BS2. The molecule has 0 spiro atoms. The summed E-state index contributed by atoms with van der Waals surface area (Å²) in [6.07, 6.45) is 0. The first-order valence-electron chi connectivity index (χ1n) is 16.0. The predicted octanol–water partition coefficient (Wildman–Crippen LogP) is 10.5. The molecule has 0 saturated heterocycles. The maximum absolute atomic E-state index is 2.52. The van der Waals surface area contributed by atoms with Gasteiger partial charge < -0.3 is 0 Å². The van der Waals surface area contributed by atoms with E-state index < -0.39 is 0 Å². The highest BCUT2D eigenvalue weighted by Gasteiger charge is 2.38. The van der Waals surface area contributed by atoms with E-state index in [4.69, 9.17) is 0 Å². The Labute approximate surface area is 274 Å². The number of hydrogen-bond acceptors (Lipinski definition) is 2. The van der Waals surface area contributed by atoms with Gasteiger partial charge in [-0.2, -0.15) is 0 Å². The van der Waals surface area contributed by atoms with Crippen molar-refractivity contribution in [2.75, 3.05) is 0 Å². The van der Waals surface area contributed by atoms with Gasteiger partial charge in [-0.05, 0) is 107 Å². The zero-order chi connectivity index (χ0) is 31.1. The van der Waals surface area contributed by atoms with Crippen molar-refractivity contribution in [1.29, 1.82) is 0 Å². The summed E-state index contributed by atoms with van der Waals surface area (Å²) in [5.41, 5.74) is 14.4. The molecule has 5 aromatic rings. The van der Waals surface area contributed by atoms with Crippen molar-refractivity contribution < 1.29 is 0 Å². The molecular weight excluding hydrogens is 567 g/mol. The Morgan fingerprint density at radius 3 is 1.27 bits per heavy atom. The van der Waals surface area contributed by atoms with Gasteiger partial charge in [0, 0.05) is 19.6 Å². The van der Waals surface area contributed by atoms with Gasteiger partial charge in [0.1, 0.15) is 0 Å². The van der Waals surface area contributed by atoms with Crippen LogP contribution in [0.5, 0.6) is 0 Å². The summed E-state index contributed by atoms with van der Waals surface area (Å²) in [4.78, 5) is 5.23. The zero-order valence-corrected chi connectivity index (χ0v) is 29.0. The first kappa shape index (κ1) is 30.9. The summed E-state index contributed by atoms with van der Waals surface area (Å²) in [6.45, 7) is 19.0. The van der Waals surface area contributed by atoms with Gasteiger partial charge in [0.2, 0.25) is 6.71 Å². The van der Waals surface area contributed by atoms with Crippen LogP contribution >= 0.6 is 23.5 Å². The van der Waals surface area contributed by atoms with E-state index in [0.29, 0.717) is 17.8 Å². The summed E-state index contributed by atoms with van der Waals surface area (Å²) in [5.74, 6) is 1.38. The van der Waals surface area contributed by atoms with Crippen LogP contribution < -0.4 is 16.4 Å². The lowest BCUT2D eigenvalue weighted by molar-refractivity contribution is 0.812. The van der Waals surface area contributed by atoms with Gasteiger partial charge in [-0.25, -0.2) is 0 Å². The average molecular weight is 611 g/mol. The van der Waals surface area contributed by atoms with Crippen molar-refractivity contribution in [1.82, 2.24) is 0 Å². The Morgan fingerprint density at radius 2 is 0.909 bits per heavy atom. The maximum atomic E-state index is 2.52. The Morgan fingerprint density at radius 1 is 0.500 bits per heavy atom. The molecule has 0 unspecified atom stereocenters. The lowest BCUT2D eigenvalue weighted by Crippen LogP contribution is -2.52. The summed E-state index contributed by atoms with van der Waals surface area (Å²) < 4.78 is 0. The predicted molar refractivity (Wildman–Crippen MR) is 196 cm³/mol. The third-order valence-electron chi connectivity index (χ3n) is 9.01. The van der Waals surface area contributed by atoms with Gasteiger partial charge in [-0.15, -0.1) is 0 Å². The van der Waals surface area contributed by atoms with Crippen LogP contribution in [0.25, 0.3) is 11.1 Å². The second-order valence-electron chi connectivity index (χ2n) is 13.3. The van der Waals surface area contributed by atoms with E-state index in [-0.39, 0.29) is 6.71 Å². The van der Waals surface area contributed by atoms with Crippen molar-refractivity contribution in [2.24, 2.45) is 0 Å². The van der Waals surface area contributed by atoms with Crippen LogP contribution in [0.15, 0.2) is 117 Å². The molecule has 5 aromatic carbocycles. The summed E-state index contributed by atoms with van der Waals surface area (Å²) in [6, 6.07) is 36.6. The van der Waals surface area contributed by atoms with Crippen LogP contribution in [0.4, 0.5) is 0 Å². The number of hydrogen-bond donors (Lipinski definition) is 0. The third-order valence-corrected chi connectivity index (χ3v) is 11.3. The van der Waals surface area contributed by atoms with Gasteiger partial charge in [-0.1, -0.05) is 142 Å². The number of aryl methyl sites for hydroxylation is 2. The normalized spacial score (nSPS) is 12.4. The van der Waals surface area contributed by atoms with Gasteiger partial charge in [0.15, 0.2) is 0 Å². The van der Waals surface area contributed by atoms with E-state index in [1.165, 1.54) is 74.9 Å². The molecule has 222 valence electrons. The minimum Gasteiger partial charge on any atom is -0.0898 e. The Balaban J connectivity index is 1.61. The van der Waals surface area contributed by atoms with Crippen LogP contribution in [-0.2, 0) is 0 Å². The first-order valence-corrected chi connectivity index (χ1v) is 17.7. The fourth-order valence-electron chi connectivity index (χ4n) is 6.64. The molecule has 0 saturated carbocycles. The van der Waals surface area contributed by atoms with Crippen molar-refractivity contribution in [3.05, 3.63) is 125 Å². The fourth-order valence-corrected chi connectivity index (χ4v) is 8.53. The summed E-state index contributed by atoms with van der Waals surface area (Å²) >= 11 is 3.76. The molecule has 0 aromatic heterocycles. The minimum absolute atomic E-state index is 0.222. The van der Waals surface area contributed by atoms with E-state index in [1.807, 2.05) is 23.5 Å². The second kappa shape index (κ2) is 12.7. The quantitative estimate of drug-likeness (QED) is 0.157. The monoisotopic (exact) mass is 610 g/mol. The zero-order valence-electron chi connectivity index (χ0n) is 27.4. The largest absolute Gasteiger partial charge is 0.243 e. The summed E-state index contributed by atoms with van der Waals surface area (Å²) in [7, 11) is 0. The van der Waals surface area contributed by atoms with Gasteiger partial charge in [0.05, 0.1) is 0 Å². The molecule has 1 aliphatic heterocycles. The van der Waals surface area contributed by atoms with Gasteiger partial charge >= 0.3 is 0 Å². The lowest BCUT2D eigenvalue weighted by atomic mass is 9.36. The molecule has 1 heterocycles. The molecule has 0 fully saturated rings. The van der Waals surface area contributed by atoms with Crippen molar-refractivity contribution in [2.45, 2.75) is 92.7 Å². The van der Waals surface area contributed by atoms with E-state index in [0.717, 1.165) is 0 Å². The van der Waals surface area contributed by atoms with Crippen molar-refractivity contribution in [3.63, 3.8) is 0 Å². The van der Waals surface area contributed by atoms with E-state index in [1.54, 1.807) is 0 Å². The Kier molecular flexibility index (Phi) is 8.91. The summed E-state index contributed by atoms with van der Waals surface area (Å²) in [5, 5.41) is 0. The Bertz CT molecular complexity index is 1680. The van der Waals surface area contributed by atoms with Gasteiger partial charge in [0.25, 0.3) is 0 Å². The molecule has 6 rings (SSSR count). The lowest BCUT2D eigenvalue weighted by Gasteiger charge is -2.27. The molecule has 0 bridgehead atoms. The number of benzene rings is 5. The van der Waals surface area contributed by atoms with Gasteiger partial charge in [-0.3, -0.25) is 0 Å². The van der Waals surface area contributed by atoms with E-state index in [9.17, 15) is 0 Å². The SMILES string of the molecule is Cc1cc2c(cc1Sc1ccccc1)-c1cc(Sc3ccccc3)c(C)cc1B2c1c(C(C)C)cc(C(C)C)cc1C(C)C. The molecule has 0 aliphatic carbocycles. The Hall–Kier alpha value is -3.14. The van der Waals surface area contributed by atoms with Crippen LogP contribution in [0, 0.1) is 13.8 Å². The highest BCUT2D eigenvalue weighted by atomic mass is 32.2. The third kappa shape index (κ3) is 5.94. The molecule has 44 heavy (non-hydrogen) atoms. The number of fused-ring (bicyclic) bond motifs is 3. The van der Waals surface area contributed by atoms with E-state index in [2.05, 4.69) is 152 Å². The van der Waals surface area contributed by atoms with E-state index >= 15 is 0 Å². The minimum atomic E-state index is 0.222. The molecule has 0 nitrogen and oxygen atoms in total. The molecule has 0 atom stereocenters. The topological polar surface area (TPSA) is 0 Å². The average Bonchev–Trinajstić information content (AvgIpc) is 3.28. The highest BCUT2D eigenvalue weighted by molar-refractivity contribution is 7.99. The molecule has 3 heteroatoms. The molecule has 0 N–H and O–H groups in total. The second-order valence-corrected chi connectivity index (χ2v) is 15.5.